The first-order valence-corrected chi connectivity index (χ1v) is 8.13. The Labute approximate surface area is 149 Å². The molecule has 0 bridgehead atoms. The number of nitrogens with two attached hydrogens (primary N) is 1. The van der Waals surface area contributed by atoms with Gasteiger partial charge in [-0.25, -0.2) is 15.0 Å². The Hall–Kier alpha value is -2.99. The molecule has 124 valence electrons. The van der Waals surface area contributed by atoms with E-state index in [0.29, 0.717) is 34.7 Å². The molecule has 0 aliphatic carbocycles. The monoisotopic (exact) mass is 350 g/mol. The fourth-order valence-electron chi connectivity index (χ4n) is 2.75. The molecule has 25 heavy (non-hydrogen) atoms. The third kappa shape index (κ3) is 2.92. The molecule has 0 unspecified atom stereocenters. The van der Waals surface area contributed by atoms with Gasteiger partial charge in [-0.15, -0.1) is 0 Å². The Balaban J connectivity index is 1.82. The van der Waals surface area contributed by atoms with Crippen molar-refractivity contribution in [3.05, 3.63) is 65.2 Å². The number of halogens is 1. The summed E-state index contributed by atoms with van der Waals surface area (Å²) in [6, 6.07) is 9.85. The predicted octanol–water partition coefficient (Wildman–Crippen LogP) is 3.43. The molecule has 0 saturated heterocycles. The van der Waals surface area contributed by atoms with Crippen LogP contribution in [0.2, 0.25) is 5.02 Å². The van der Waals surface area contributed by atoms with E-state index in [1.807, 2.05) is 41.8 Å². The van der Waals surface area contributed by atoms with Crippen molar-refractivity contribution in [1.29, 1.82) is 0 Å². The molecule has 0 atom stereocenters. The number of pyridine rings is 1. The van der Waals surface area contributed by atoms with Crippen LogP contribution in [0, 0.1) is 6.92 Å². The standard InChI is InChI=1S/C18H15ClN6/c1-11-4-2-3-5-14(11)17-23-15-16(20)22-10-25(18(15)24-17)9-12-6-13(19)8-21-7-12/h2-8,10H,9,20H2,1H3. The Morgan fingerprint density at radius 3 is 2.80 bits per heavy atom. The van der Waals surface area contributed by atoms with Crippen molar-refractivity contribution in [3.8, 4) is 22.9 Å². The van der Waals surface area contributed by atoms with Gasteiger partial charge in [-0.1, -0.05) is 35.9 Å². The third-order valence-corrected chi connectivity index (χ3v) is 4.20. The van der Waals surface area contributed by atoms with E-state index in [9.17, 15) is 0 Å². The van der Waals surface area contributed by atoms with Gasteiger partial charge in [0.05, 0.1) is 17.9 Å². The minimum atomic E-state index is 0.364. The lowest BCUT2D eigenvalue weighted by molar-refractivity contribution is 0.760. The summed E-state index contributed by atoms with van der Waals surface area (Å²) in [5.41, 5.74) is 9.64. The van der Waals surface area contributed by atoms with Crippen molar-refractivity contribution in [3.63, 3.8) is 0 Å². The average molecular weight is 351 g/mol. The van der Waals surface area contributed by atoms with Gasteiger partial charge in [0, 0.05) is 18.0 Å². The average Bonchev–Trinajstić information content (AvgIpc) is 3.04. The van der Waals surface area contributed by atoms with Gasteiger partial charge in [-0.3, -0.25) is 4.98 Å². The highest BCUT2D eigenvalue weighted by Gasteiger charge is 2.20. The topological polar surface area (TPSA) is 82.5 Å². The Morgan fingerprint density at radius 2 is 2.00 bits per heavy atom. The first-order valence-electron chi connectivity index (χ1n) is 7.75. The Kier molecular flexibility index (Phi) is 3.82. The van der Waals surface area contributed by atoms with Gasteiger partial charge in [-0.2, -0.15) is 0 Å². The summed E-state index contributed by atoms with van der Waals surface area (Å²) < 4.78 is 1.90. The molecule has 0 amide bonds. The summed E-state index contributed by atoms with van der Waals surface area (Å²) in [4.78, 5) is 17.7. The SMILES string of the molecule is Cc1ccccc1-c1nc2c(N)ncn(Cc3cncc(Cl)c3)c-2n1. The molecule has 1 aromatic heterocycles. The first-order chi connectivity index (χ1) is 12.1. The van der Waals surface area contributed by atoms with Gasteiger partial charge < -0.3 is 10.3 Å². The molecular weight excluding hydrogens is 336 g/mol. The molecule has 7 heteroatoms. The van der Waals surface area contributed by atoms with Crippen LogP contribution in [-0.2, 0) is 6.54 Å². The zero-order valence-electron chi connectivity index (χ0n) is 13.5. The van der Waals surface area contributed by atoms with Gasteiger partial charge in [0.2, 0.25) is 0 Å². The highest BCUT2D eigenvalue weighted by Crippen LogP contribution is 2.29. The molecule has 3 heterocycles. The van der Waals surface area contributed by atoms with E-state index in [-0.39, 0.29) is 0 Å². The Morgan fingerprint density at radius 1 is 1.16 bits per heavy atom. The van der Waals surface area contributed by atoms with Gasteiger partial charge in [0.25, 0.3) is 0 Å². The summed E-state index contributed by atoms with van der Waals surface area (Å²) in [7, 11) is 0. The van der Waals surface area contributed by atoms with Crippen LogP contribution in [0.1, 0.15) is 11.1 Å². The summed E-state index contributed by atoms with van der Waals surface area (Å²) in [6.07, 6.45) is 5.03. The second-order valence-corrected chi connectivity index (χ2v) is 6.24. The van der Waals surface area contributed by atoms with Crippen molar-refractivity contribution in [2.45, 2.75) is 13.5 Å². The number of anilines is 1. The van der Waals surface area contributed by atoms with Crippen LogP contribution in [0.5, 0.6) is 0 Å². The van der Waals surface area contributed by atoms with Crippen molar-refractivity contribution in [2.24, 2.45) is 0 Å². The van der Waals surface area contributed by atoms with Gasteiger partial charge in [-0.05, 0) is 24.1 Å². The molecule has 2 aliphatic rings. The number of imidazole rings is 1. The third-order valence-electron chi connectivity index (χ3n) is 3.99. The molecule has 0 spiro atoms. The van der Waals surface area contributed by atoms with Crippen molar-refractivity contribution in [1.82, 2.24) is 24.5 Å². The van der Waals surface area contributed by atoms with Crippen LogP contribution in [0.15, 0.2) is 49.1 Å². The normalized spacial score (nSPS) is 11.1. The summed E-state index contributed by atoms with van der Waals surface area (Å²) in [5, 5.41) is 0.590. The quantitative estimate of drug-likeness (QED) is 0.612. The number of hydrogen-bond donors (Lipinski definition) is 1. The van der Waals surface area contributed by atoms with Crippen LogP contribution in [0.3, 0.4) is 0 Å². The van der Waals surface area contributed by atoms with E-state index in [1.165, 1.54) is 0 Å². The molecule has 1 aromatic carbocycles. The zero-order valence-corrected chi connectivity index (χ0v) is 14.3. The number of nitrogen functional groups attached to an aromatic ring is 1. The fourth-order valence-corrected chi connectivity index (χ4v) is 2.95. The smallest absolute Gasteiger partial charge is 0.166 e. The maximum atomic E-state index is 6.02. The highest BCUT2D eigenvalue weighted by molar-refractivity contribution is 6.30. The molecule has 0 saturated carbocycles. The number of hydrogen-bond acceptors (Lipinski definition) is 5. The van der Waals surface area contributed by atoms with Gasteiger partial charge in [0.15, 0.2) is 23.2 Å². The summed E-state index contributed by atoms with van der Waals surface area (Å²) >= 11 is 6.02. The van der Waals surface area contributed by atoms with E-state index in [2.05, 4.69) is 15.0 Å². The minimum absolute atomic E-state index is 0.364. The molecule has 2 N–H and O–H groups in total. The van der Waals surface area contributed by atoms with Crippen LogP contribution in [-0.4, -0.2) is 24.5 Å². The number of nitrogens with zero attached hydrogens (tertiary/aromatic N) is 5. The summed E-state index contributed by atoms with van der Waals surface area (Å²) in [5.74, 6) is 1.69. The van der Waals surface area contributed by atoms with Crippen LogP contribution < -0.4 is 5.73 Å². The number of aryl methyl sites for hydroxylation is 1. The van der Waals surface area contributed by atoms with Crippen LogP contribution in [0.4, 0.5) is 5.82 Å². The van der Waals surface area contributed by atoms with Crippen LogP contribution >= 0.6 is 11.6 Å². The van der Waals surface area contributed by atoms with E-state index in [0.717, 1.165) is 16.7 Å². The number of rotatable bonds is 3. The number of aromatic nitrogens is 5. The molecule has 6 nitrogen and oxygen atoms in total. The Bertz CT molecular complexity index is 1030. The fraction of sp³-hybridized carbons (Fsp3) is 0.111. The zero-order chi connectivity index (χ0) is 17.4. The maximum Gasteiger partial charge on any atom is 0.166 e. The molecule has 2 aliphatic heterocycles. The van der Waals surface area contributed by atoms with Crippen molar-refractivity contribution < 1.29 is 0 Å². The van der Waals surface area contributed by atoms with E-state index >= 15 is 0 Å². The predicted molar refractivity (Wildman–Crippen MR) is 97.4 cm³/mol. The number of fused-ring (bicyclic) bond motifs is 1. The molecule has 0 radical (unpaired) electrons. The lowest BCUT2D eigenvalue weighted by Gasteiger charge is -2.11. The minimum Gasteiger partial charge on any atom is -0.382 e. The maximum absolute atomic E-state index is 6.02. The lowest BCUT2D eigenvalue weighted by atomic mass is 10.1. The second-order valence-electron chi connectivity index (χ2n) is 5.80. The van der Waals surface area contributed by atoms with E-state index < -0.39 is 0 Å². The largest absolute Gasteiger partial charge is 0.382 e. The van der Waals surface area contributed by atoms with Gasteiger partial charge in [0.1, 0.15) is 0 Å². The van der Waals surface area contributed by atoms with Crippen molar-refractivity contribution >= 4 is 17.4 Å². The van der Waals surface area contributed by atoms with E-state index in [1.54, 1.807) is 18.7 Å². The lowest BCUT2D eigenvalue weighted by Crippen LogP contribution is -2.09. The molecule has 2 aromatic rings. The van der Waals surface area contributed by atoms with Gasteiger partial charge >= 0.3 is 0 Å². The number of benzene rings is 1. The summed E-state index contributed by atoms with van der Waals surface area (Å²) in [6.45, 7) is 2.56. The molecule has 0 fully saturated rings. The highest BCUT2D eigenvalue weighted by atomic mass is 35.5. The molecule has 4 rings (SSSR count). The van der Waals surface area contributed by atoms with Crippen LogP contribution in [0.25, 0.3) is 22.9 Å². The second kappa shape index (κ2) is 6.14. The van der Waals surface area contributed by atoms with E-state index in [4.69, 9.17) is 22.3 Å². The first kappa shape index (κ1) is 15.5. The molecular formula is C18H15ClN6. The van der Waals surface area contributed by atoms with Crippen molar-refractivity contribution in [2.75, 3.05) is 5.73 Å².